The number of halogens is 2. The second kappa shape index (κ2) is 6.75. The molecule has 0 saturated heterocycles. The maximum Gasteiger partial charge on any atom is 0.303 e. The van der Waals surface area contributed by atoms with Crippen molar-refractivity contribution in [3.63, 3.8) is 0 Å². The van der Waals surface area contributed by atoms with Gasteiger partial charge in [0.15, 0.2) is 0 Å². The Hall–Kier alpha value is -1.07. The molecule has 0 heterocycles. The van der Waals surface area contributed by atoms with Crippen molar-refractivity contribution in [2.24, 2.45) is 0 Å². The van der Waals surface area contributed by atoms with E-state index in [4.69, 9.17) is 16.7 Å². The summed E-state index contributed by atoms with van der Waals surface area (Å²) >= 11 is 9.24. The van der Waals surface area contributed by atoms with Crippen molar-refractivity contribution in [2.45, 2.75) is 12.8 Å². The Morgan fingerprint density at radius 1 is 1.44 bits per heavy atom. The Morgan fingerprint density at radius 2 is 2.11 bits per heavy atom. The molecule has 0 fully saturated rings. The number of carboxylic acids is 1. The molecule has 0 saturated carbocycles. The lowest BCUT2D eigenvalue weighted by molar-refractivity contribution is -0.137. The van der Waals surface area contributed by atoms with Gasteiger partial charge in [-0.05, 0) is 24.6 Å². The average molecular weight is 335 g/mol. The minimum atomic E-state index is -0.865. The zero-order valence-electron chi connectivity index (χ0n) is 9.82. The first-order chi connectivity index (χ1) is 8.41. The van der Waals surface area contributed by atoms with E-state index in [0.717, 1.165) is 4.47 Å². The maximum absolute atomic E-state index is 12.1. The van der Waals surface area contributed by atoms with Crippen LogP contribution in [0.3, 0.4) is 0 Å². The maximum atomic E-state index is 12.1. The second-order valence-corrected chi connectivity index (χ2v) is 5.17. The molecule has 18 heavy (non-hydrogen) atoms. The van der Waals surface area contributed by atoms with Gasteiger partial charge in [0, 0.05) is 24.5 Å². The number of amides is 1. The van der Waals surface area contributed by atoms with Crippen LogP contribution in [0.4, 0.5) is 0 Å². The van der Waals surface area contributed by atoms with E-state index in [2.05, 4.69) is 15.9 Å². The first-order valence-electron chi connectivity index (χ1n) is 5.34. The largest absolute Gasteiger partial charge is 0.481 e. The fourth-order valence-electron chi connectivity index (χ4n) is 1.44. The standard InChI is InChI=1S/C12H13BrClNO3/c1-15(6-2-3-11(16)17)12(18)9-7-8(13)4-5-10(9)14/h4-5,7H,2-3,6H2,1H3,(H,16,17). The van der Waals surface area contributed by atoms with Crippen molar-refractivity contribution in [3.8, 4) is 0 Å². The fraction of sp³-hybridized carbons (Fsp3) is 0.333. The molecular formula is C12H13BrClNO3. The minimum absolute atomic E-state index is 0.0455. The van der Waals surface area contributed by atoms with Crippen LogP contribution in [-0.4, -0.2) is 35.5 Å². The number of rotatable bonds is 5. The summed E-state index contributed by atoms with van der Waals surface area (Å²) in [4.78, 5) is 23.9. The Kier molecular flexibility index (Phi) is 5.62. The van der Waals surface area contributed by atoms with Gasteiger partial charge in [0.05, 0.1) is 10.6 Å². The summed E-state index contributed by atoms with van der Waals surface area (Å²) in [6, 6.07) is 5.05. The van der Waals surface area contributed by atoms with Crippen molar-refractivity contribution < 1.29 is 14.7 Å². The normalized spacial score (nSPS) is 10.2. The minimum Gasteiger partial charge on any atom is -0.481 e. The lowest BCUT2D eigenvalue weighted by atomic mass is 10.2. The molecule has 98 valence electrons. The van der Waals surface area contributed by atoms with Gasteiger partial charge in [0.1, 0.15) is 0 Å². The molecule has 1 rings (SSSR count). The van der Waals surface area contributed by atoms with Crippen LogP contribution in [0.15, 0.2) is 22.7 Å². The Balaban J connectivity index is 2.68. The van der Waals surface area contributed by atoms with Crippen LogP contribution in [-0.2, 0) is 4.79 Å². The van der Waals surface area contributed by atoms with Crippen molar-refractivity contribution in [3.05, 3.63) is 33.3 Å². The molecule has 0 spiro atoms. The van der Waals surface area contributed by atoms with E-state index in [1.54, 1.807) is 25.2 Å². The predicted octanol–water partition coefficient (Wildman–Crippen LogP) is 3.04. The van der Waals surface area contributed by atoms with E-state index in [0.29, 0.717) is 23.6 Å². The van der Waals surface area contributed by atoms with E-state index in [1.807, 2.05) is 0 Å². The second-order valence-electron chi connectivity index (χ2n) is 3.85. The van der Waals surface area contributed by atoms with Gasteiger partial charge >= 0.3 is 5.97 Å². The third kappa shape index (κ3) is 4.31. The van der Waals surface area contributed by atoms with Gasteiger partial charge in [-0.2, -0.15) is 0 Å². The van der Waals surface area contributed by atoms with Crippen molar-refractivity contribution >= 4 is 39.4 Å². The first-order valence-corrected chi connectivity index (χ1v) is 6.51. The highest BCUT2D eigenvalue weighted by Crippen LogP contribution is 2.22. The van der Waals surface area contributed by atoms with Crippen LogP contribution in [0.1, 0.15) is 23.2 Å². The lowest BCUT2D eigenvalue weighted by Gasteiger charge is -2.17. The highest BCUT2D eigenvalue weighted by Gasteiger charge is 2.15. The molecule has 0 atom stereocenters. The van der Waals surface area contributed by atoms with Crippen LogP contribution in [0.25, 0.3) is 0 Å². The Morgan fingerprint density at radius 3 is 2.72 bits per heavy atom. The number of nitrogens with zero attached hydrogens (tertiary/aromatic N) is 1. The SMILES string of the molecule is CN(CCCC(=O)O)C(=O)c1cc(Br)ccc1Cl. The van der Waals surface area contributed by atoms with Gasteiger partial charge in [-0.15, -0.1) is 0 Å². The topological polar surface area (TPSA) is 57.6 Å². The van der Waals surface area contributed by atoms with E-state index < -0.39 is 5.97 Å². The molecule has 1 aromatic carbocycles. The number of hydrogen-bond acceptors (Lipinski definition) is 2. The molecule has 6 heteroatoms. The molecule has 0 aromatic heterocycles. The van der Waals surface area contributed by atoms with Crippen molar-refractivity contribution in [1.82, 2.24) is 4.90 Å². The lowest BCUT2D eigenvalue weighted by Crippen LogP contribution is -2.28. The van der Waals surface area contributed by atoms with Gasteiger partial charge in [-0.1, -0.05) is 27.5 Å². The molecule has 4 nitrogen and oxygen atoms in total. The Labute approximate surface area is 119 Å². The third-order valence-electron chi connectivity index (χ3n) is 2.39. The van der Waals surface area contributed by atoms with E-state index >= 15 is 0 Å². The number of hydrogen-bond donors (Lipinski definition) is 1. The molecule has 0 unspecified atom stereocenters. The molecule has 1 amide bonds. The number of aliphatic carboxylic acids is 1. The highest BCUT2D eigenvalue weighted by molar-refractivity contribution is 9.10. The molecular weight excluding hydrogens is 321 g/mol. The highest BCUT2D eigenvalue weighted by atomic mass is 79.9. The van der Waals surface area contributed by atoms with E-state index in [-0.39, 0.29) is 12.3 Å². The van der Waals surface area contributed by atoms with Crippen LogP contribution >= 0.6 is 27.5 Å². The van der Waals surface area contributed by atoms with Crippen molar-refractivity contribution in [1.29, 1.82) is 0 Å². The average Bonchev–Trinajstić information content (AvgIpc) is 2.30. The molecule has 0 radical (unpaired) electrons. The molecule has 0 bridgehead atoms. The smallest absolute Gasteiger partial charge is 0.303 e. The van der Waals surface area contributed by atoms with E-state index in [1.165, 1.54) is 4.90 Å². The number of benzene rings is 1. The van der Waals surface area contributed by atoms with Gasteiger partial charge in [-0.3, -0.25) is 9.59 Å². The van der Waals surface area contributed by atoms with Gasteiger partial charge < -0.3 is 10.0 Å². The molecule has 1 aromatic rings. The Bertz CT molecular complexity index is 465. The third-order valence-corrected chi connectivity index (χ3v) is 3.21. The summed E-state index contributed by atoms with van der Waals surface area (Å²) in [7, 11) is 1.63. The summed E-state index contributed by atoms with van der Waals surface area (Å²) in [5.41, 5.74) is 0.406. The first kappa shape index (κ1) is 15.0. The molecule has 0 aliphatic carbocycles. The summed E-state index contributed by atoms with van der Waals surface area (Å²) < 4.78 is 0.772. The van der Waals surface area contributed by atoms with Crippen LogP contribution in [0, 0.1) is 0 Å². The fourth-order valence-corrected chi connectivity index (χ4v) is 2.00. The van der Waals surface area contributed by atoms with Gasteiger partial charge in [0.25, 0.3) is 5.91 Å². The van der Waals surface area contributed by atoms with Gasteiger partial charge in [0.2, 0.25) is 0 Å². The predicted molar refractivity (Wildman–Crippen MR) is 73.0 cm³/mol. The summed E-state index contributed by atoms with van der Waals surface area (Å²) in [5.74, 6) is -1.08. The zero-order valence-corrected chi connectivity index (χ0v) is 12.2. The van der Waals surface area contributed by atoms with Crippen LogP contribution in [0.2, 0.25) is 5.02 Å². The van der Waals surface area contributed by atoms with Crippen molar-refractivity contribution in [2.75, 3.05) is 13.6 Å². The summed E-state index contributed by atoms with van der Waals surface area (Å²) in [6.07, 6.45) is 0.465. The zero-order chi connectivity index (χ0) is 13.7. The van der Waals surface area contributed by atoms with Gasteiger partial charge in [-0.25, -0.2) is 0 Å². The number of carbonyl (C=O) groups is 2. The number of carboxylic acid groups (broad SMARTS) is 1. The monoisotopic (exact) mass is 333 g/mol. The van der Waals surface area contributed by atoms with Crippen LogP contribution in [0.5, 0.6) is 0 Å². The number of carbonyl (C=O) groups excluding carboxylic acids is 1. The summed E-state index contributed by atoms with van der Waals surface area (Å²) in [6.45, 7) is 0.383. The summed E-state index contributed by atoms with van der Waals surface area (Å²) in [5, 5.41) is 8.91. The molecule has 0 aliphatic rings. The van der Waals surface area contributed by atoms with Crippen LogP contribution < -0.4 is 0 Å². The molecule has 1 N–H and O–H groups in total. The van der Waals surface area contributed by atoms with E-state index in [9.17, 15) is 9.59 Å². The quantitative estimate of drug-likeness (QED) is 0.900. The molecule has 0 aliphatic heterocycles.